The van der Waals surface area contributed by atoms with E-state index in [1.807, 2.05) is 60.0 Å². The summed E-state index contributed by atoms with van der Waals surface area (Å²) in [6.07, 6.45) is -0.889. The number of nitrogens with one attached hydrogen (secondary N) is 2. The van der Waals surface area contributed by atoms with E-state index in [0.29, 0.717) is 6.54 Å². The third-order valence-corrected chi connectivity index (χ3v) is 4.72. The number of carbonyl (C=O) groups is 2. The number of amides is 2. The predicted octanol–water partition coefficient (Wildman–Crippen LogP) is 2.37. The highest BCUT2D eigenvalue weighted by Crippen LogP contribution is 2.23. The first-order valence-corrected chi connectivity index (χ1v) is 8.77. The van der Waals surface area contributed by atoms with Gasteiger partial charge in [0.2, 0.25) is 0 Å². The normalized spacial score (nSPS) is 11.9. The van der Waals surface area contributed by atoms with Gasteiger partial charge in [0.05, 0.1) is 12.6 Å². The summed E-state index contributed by atoms with van der Waals surface area (Å²) >= 11 is 1.51. The smallest absolute Gasteiger partial charge is 0.309 e. The molecule has 3 rings (SSSR count). The van der Waals surface area contributed by atoms with Crippen LogP contribution in [0.5, 0.6) is 0 Å². The molecule has 6 heteroatoms. The third kappa shape index (κ3) is 4.23. The molecule has 0 spiro atoms. The summed E-state index contributed by atoms with van der Waals surface area (Å²) in [5.74, 6) is -1.46. The number of thiophene rings is 1. The second kappa shape index (κ2) is 7.92. The van der Waals surface area contributed by atoms with Gasteiger partial charge in [-0.3, -0.25) is 9.59 Å². The van der Waals surface area contributed by atoms with Gasteiger partial charge in [0.15, 0.2) is 0 Å². The molecule has 0 aliphatic rings. The van der Waals surface area contributed by atoms with Crippen LogP contribution in [0, 0.1) is 0 Å². The van der Waals surface area contributed by atoms with Gasteiger partial charge in [-0.25, -0.2) is 0 Å². The highest BCUT2D eigenvalue weighted by atomic mass is 32.1. The van der Waals surface area contributed by atoms with Crippen LogP contribution in [0.1, 0.15) is 16.5 Å². The van der Waals surface area contributed by atoms with Crippen molar-refractivity contribution >= 4 is 33.9 Å². The standard InChI is InChI=1S/C19H18N2O3S/c22-17(16-9-3-6-13-5-1-2-8-15(13)16)12-21-19(24)18(23)20-11-14-7-4-10-25-14/h1-10,17,22H,11-12H2,(H,20,23)(H,21,24)/t17-/m1/s1. The van der Waals surface area contributed by atoms with Crippen LogP contribution in [0.2, 0.25) is 0 Å². The third-order valence-electron chi connectivity index (χ3n) is 3.85. The summed E-state index contributed by atoms with van der Waals surface area (Å²) in [4.78, 5) is 24.6. The molecule has 1 aromatic heterocycles. The Morgan fingerprint density at radius 2 is 1.72 bits per heavy atom. The number of fused-ring (bicyclic) bond motifs is 1. The van der Waals surface area contributed by atoms with Crippen LogP contribution >= 0.6 is 11.3 Å². The maximum Gasteiger partial charge on any atom is 0.309 e. The molecule has 2 aromatic carbocycles. The molecule has 0 saturated carbocycles. The second-order valence-electron chi connectivity index (χ2n) is 5.56. The fraction of sp³-hybridized carbons (Fsp3) is 0.158. The lowest BCUT2D eigenvalue weighted by molar-refractivity contribution is -0.139. The molecule has 25 heavy (non-hydrogen) atoms. The quantitative estimate of drug-likeness (QED) is 0.616. The minimum absolute atomic E-state index is 0.0285. The summed E-state index contributed by atoms with van der Waals surface area (Å²) in [5, 5.41) is 19.3. The van der Waals surface area contributed by atoms with E-state index in [4.69, 9.17) is 0 Å². The van der Waals surface area contributed by atoms with E-state index in [2.05, 4.69) is 10.6 Å². The summed E-state index contributed by atoms with van der Waals surface area (Å²) in [6.45, 7) is 0.287. The van der Waals surface area contributed by atoms with Gasteiger partial charge < -0.3 is 15.7 Å². The van der Waals surface area contributed by atoms with Crippen LogP contribution in [0.4, 0.5) is 0 Å². The summed E-state index contributed by atoms with van der Waals surface area (Å²) in [6, 6.07) is 17.1. The number of aliphatic hydroxyl groups excluding tert-OH is 1. The fourth-order valence-corrected chi connectivity index (χ4v) is 3.23. The Kier molecular flexibility index (Phi) is 5.42. The lowest BCUT2D eigenvalue weighted by Gasteiger charge is -2.14. The minimum Gasteiger partial charge on any atom is -0.387 e. The van der Waals surface area contributed by atoms with Crippen molar-refractivity contribution in [1.29, 1.82) is 0 Å². The van der Waals surface area contributed by atoms with Gasteiger partial charge in [0, 0.05) is 11.4 Å². The van der Waals surface area contributed by atoms with Crippen LogP contribution in [-0.4, -0.2) is 23.5 Å². The largest absolute Gasteiger partial charge is 0.387 e. The Morgan fingerprint density at radius 1 is 0.960 bits per heavy atom. The highest BCUT2D eigenvalue weighted by molar-refractivity contribution is 7.09. The van der Waals surface area contributed by atoms with Crippen molar-refractivity contribution in [3.8, 4) is 0 Å². The van der Waals surface area contributed by atoms with E-state index in [1.165, 1.54) is 11.3 Å². The first-order chi connectivity index (χ1) is 12.1. The van der Waals surface area contributed by atoms with E-state index >= 15 is 0 Å². The van der Waals surface area contributed by atoms with E-state index < -0.39 is 17.9 Å². The van der Waals surface area contributed by atoms with Crippen molar-refractivity contribution in [3.63, 3.8) is 0 Å². The van der Waals surface area contributed by atoms with Gasteiger partial charge >= 0.3 is 11.8 Å². The number of rotatable bonds is 5. The fourth-order valence-electron chi connectivity index (χ4n) is 2.58. The van der Waals surface area contributed by atoms with Crippen molar-refractivity contribution in [2.75, 3.05) is 6.54 Å². The van der Waals surface area contributed by atoms with Crippen molar-refractivity contribution in [2.45, 2.75) is 12.6 Å². The lowest BCUT2D eigenvalue weighted by atomic mass is 10.0. The molecule has 128 valence electrons. The molecule has 1 atom stereocenters. The molecule has 3 N–H and O–H groups in total. The van der Waals surface area contributed by atoms with Gasteiger partial charge in [0.25, 0.3) is 0 Å². The van der Waals surface area contributed by atoms with Gasteiger partial charge in [-0.1, -0.05) is 48.5 Å². The minimum atomic E-state index is -0.889. The monoisotopic (exact) mass is 354 g/mol. The van der Waals surface area contributed by atoms with E-state index in [-0.39, 0.29) is 6.54 Å². The zero-order valence-electron chi connectivity index (χ0n) is 13.4. The van der Waals surface area contributed by atoms with Crippen molar-refractivity contribution in [3.05, 3.63) is 70.4 Å². The maximum absolute atomic E-state index is 11.9. The lowest BCUT2D eigenvalue weighted by Crippen LogP contribution is -2.41. The van der Waals surface area contributed by atoms with Gasteiger partial charge in [-0.2, -0.15) is 0 Å². The maximum atomic E-state index is 11.9. The molecular weight excluding hydrogens is 336 g/mol. The Balaban J connectivity index is 1.56. The molecule has 0 aliphatic carbocycles. The van der Waals surface area contributed by atoms with Gasteiger partial charge in [-0.15, -0.1) is 11.3 Å². The van der Waals surface area contributed by atoms with Crippen molar-refractivity contribution in [1.82, 2.24) is 10.6 Å². The average Bonchev–Trinajstić information content (AvgIpc) is 3.17. The zero-order chi connectivity index (χ0) is 17.6. The molecule has 2 amide bonds. The Bertz CT molecular complexity index is 872. The van der Waals surface area contributed by atoms with E-state index in [0.717, 1.165) is 21.2 Å². The summed E-state index contributed by atoms with van der Waals surface area (Å²) in [7, 11) is 0. The van der Waals surface area contributed by atoms with Crippen LogP contribution in [0.25, 0.3) is 10.8 Å². The Morgan fingerprint density at radius 3 is 2.52 bits per heavy atom. The number of carbonyl (C=O) groups excluding carboxylic acids is 2. The second-order valence-corrected chi connectivity index (χ2v) is 6.59. The molecule has 0 saturated heterocycles. The average molecular weight is 354 g/mol. The first kappa shape index (κ1) is 17.1. The number of hydrogen-bond donors (Lipinski definition) is 3. The van der Waals surface area contributed by atoms with Crippen molar-refractivity contribution < 1.29 is 14.7 Å². The van der Waals surface area contributed by atoms with Gasteiger partial charge in [0.1, 0.15) is 0 Å². The molecule has 0 unspecified atom stereocenters. The molecule has 0 bridgehead atoms. The van der Waals surface area contributed by atoms with Crippen LogP contribution in [0.3, 0.4) is 0 Å². The predicted molar refractivity (Wildman–Crippen MR) is 98.1 cm³/mol. The first-order valence-electron chi connectivity index (χ1n) is 7.89. The van der Waals surface area contributed by atoms with Crippen molar-refractivity contribution in [2.24, 2.45) is 0 Å². The molecule has 0 radical (unpaired) electrons. The summed E-state index contributed by atoms with van der Waals surface area (Å²) < 4.78 is 0. The van der Waals surface area contributed by atoms with E-state index in [9.17, 15) is 14.7 Å². The topological polar surface area (TPSA) is 78.4 Å². The van der Waals surface area contributed by atoms with Gasteiger partial charge in [-0.05, 0) is 27.8 Å². The van der Waals surface area contributed by atoms with Crippen LogP contribution < -0.4 is 10.6 Å². The molecule has 0 aliphatic heterocycles. The van der Waals surface area contributed by atoms with E-state index in [1.54, 1.807) is 0 Å². The Hall–Kier alpha value is -2.70. The van der Waals surface area contributed by atoms with Crippen LogP contribution in [-0.2, 0) is 16.1 Å². The SMILES string of the molecule is O=C(NCc1cccs1)C(=O)NC[C@@H](O)c1cccc2ccccc12. The molecule has 0 fully saturated rings. The molecular formula is C19H18N2O3S. The Labute approximate surface area is 149 Å². The van der Waals surface area contributed by atoms with Crippen LogP contribution in [0.15, 0.2) is 60.0 Å². The molecule has 3 aromatic rings. The molecule has 1 heterocycles. The zero-order valence-corrected chi connectivity index (χ0v) is 14.3. The molecule has 5 nitrogen and oxygen atoms in total. The number of benzene rings is 2. The highest BCUT2D eigenvalue weighted by Gasteiger charge is 2.16. The number of hydrogen-bond acceptors (Lipinski definition) is 4. The summed E-state index contributed by atoms with van der Waals surface area (Å²) in [5.41, 5.74) is 0.720. The number of aliphatic hydroxyl groups is 1.